The Labute approximate surface area is 126 Å². The van der Waals surface area contributed by atoms with Crippen LogP contribution in [0.25, 0.3) is 0 Å². The second-order valence-corrected chi connectivity index (χ2v) is 5.40. The van der Waals surface area contributed by atoms with E-state index in [1.165, 1.54) is 11.1 Å². The predicted molar refractivity (Wildman–Crippen MR) is 85.5 cm³/mol. The average Bonchev–Trinajstić information content (AvgIpc) is 2.76. The Morgan fingerprint density at radius 1 is 1.10 bits per heavy atom. The number of nitrogens with zero attached hydrogens (tertiary/aromatic N) is 3. The fraction of sp³-hybridized carbons (Fsp3) is 0.412. The van der Waals surface area contributed by atoms with E-state index in [4.69, 9.17) is 4.98 Å². The van der Waals surface area contributed by atoms with E-state index in [-0.39, 0.29) is 0 Å². The van der Waals surface area contributed by atoms with Crippen molar-refractivity contribution >= 4 is 5.82 Å². The van der Waals surface area contributed by atoms with Crippen LogP contribution in [-0.4, -0.2) is 29.6 Å². The van der Waals surface area contributed by atoms with Crippen molar-refractivity contribution in [1.82, 2.24) is 15.3 Å². The SMILES string of the molecule is CCNCc1cncc(N2CCc3ccccc3CC2)n1. The Morgan fingerprint density at radius 3 is 2.48 bits per heavy atom. The second-order valence-electron chi connectivity index (χ2n) is 5.40. The number of anilines is 1. The first-order valence-corrected chi connectivity index (χ1v) is 7.70. The van der Waals surface area contributed by atoms with E-state index in [1.807, 2.05) is 12.4 Å². The van der Waals surface area contributed by atoms with E-state index < -0.39 is 0 Å². The highest BCUT2D eigenvalue weighted by Gasteiger charge is 2.15. The molecule has 21 heavy (non-hydrogen) atoms. The molecule has 1 N–H and O–H groups in total. The van der Waals surface area contributed by atoms with Gasteiger partial charge in [-0.25, -0.2) is 4.98 Å². The maximum absolute atomic E-state index is 4.74. The van der Waals surface area contributed by atoms with Gasteiger partial charge in [0.25, 0.3) is 0 Å². The molecule has 1 aliphatic heterocycles. The van der Waals surface area contributed by atoms with Crippen LogP contribution >= 0.6 is 0 Å². The van der Waals surface area contributed by atoms with E-state index in [2.05, 4.69) is 46.4 Å². The third-order valence-electron chi connectivity index (χ3n) is 3.97. The summed E-state index contributed by atoms with van der Waals surface area (Å²) in [5.74, 6) is 0.998. The molecule has 0 saturated carbocycles. The summed E-state index contributed by atoms with van der Waals surface area (Å²) < 4.78 is 0. The van der Waals surface area contributed by atoms with Crippen molar-refractivity contribution in [2.24, 2.45) is 0 Å². The zero-order chi connectivity index (χ0) is 14.5. The van der Waals surface area contributed by atoms with Crippen LogP contribution in [0, 0.1) is 0 Å². The van der Waals surface area contributed by atoms with Gasteiger partial charge in [-0.3, -0.25) is 4.98 Å². The molecule has 0 unspecified atom stereocenters. The quantitative estimate of drug-likeness (QED) is 0.933. The summed E-state index contributed by atoms with van der Waals surface area (Å²) in [7, 11) is 0. The lowest BCUT2D eigenvalue weighted by Gasteiger charge is -2.21. The third kappa shape index (κ3) is 3.39. The van der Waals surface area contributed by atoms with Gasteiger partial charge in [0, 0.05) is 25.8 Å². The van der Waals surface area contributed by atoms with Crippen molar-refractivity contribution in [2.45, 2.75) is 26.3 Å². The van der Waals surface area contributed by atoms with Gasteiger partial charge in [-0.1, -0.05) is 31.2 Å². The van der Waals surface area contributed by atoms with Crippen molar-refractivity contribution in [3.63, 3.8) is 0 Å². The van der Waals surface area contributed by atoms with Crippen LogP contribution in [-0.2, 0) is 19.4 Å². The molecule has 0 bridgehead atoms. The van der Waals surface area contributed by atoms with Crippen molar-refractivity contribution in [3.8, 4) is 0 Å². The van der Waals surface area contributed by atoms with E-state index in [0.29, 0.717) is 0 Å². The van der Waals surface area contributed by atoms with Crippen LogP contribution in [0.1, 0.15) is 23.7 Å². The largest absolute Gasteiger partial charge is 0.355 e. The van der Waals surface area contributed by atoms with Crippen molar-refractivity contribution in [1.29, 1.82) is 0 Å². The zero-order valence-electron chi connectivity index (χ0n) is 12.5. The Balaban J connectivity index is 1.73. The van der Waals surface area contributed by atoms with Gasteiger partial charge < -0.3 is 10.2 Å². The van der Waals surface area contributed by atoms with Crippen LogP contribution in [0.5, 0.6) is 0 Å². The Kier molecular flexibility index (Phi) is 4.46. The van der Waals surface area contributed by atoms with E-state index in [9.17, 15) is 0 Å². The molecule has 0 spiro atoms. The average molecular weight is 282 g/mol. The maximum Gasteiger partial charge on any atom is 0.147 e. The molecule has 0 atom stereocenters. The number of aromatic nitrogens is 2. The first-order chi connectivity index (χ1) is 10.4. The lowest BCUT2D eigenvalue weighted by atomic mass is 10.0. The molecule has 1 aromatic carbocycles. The summed E-state index contributed by atoms with van der Waals surface area (Å²) in [6, 6.07) is 8.74. The summed E-state index contributed by atoms with van der Waals surface area (Å²) in [5, 5.41) is 3.30. The summed E-state index contributed by atoms with van der Waals surface area (Å²) in [6.45, 7) is 5.85. The van der Waals surface area contributed by atoms with Gasteiger partial charge in [-0.15, -0.1) is 0 Å². The van der Waals surface area contributed by atoms with Crippen molar-refractivity contribution in [3.05, 3.63) is 53.5 Å². The lowest BCUT2D eigenvalue weighted by molar-refractivity contribution is 0.700. The van der Waals surface area contributed by atoms with E-state index in [1.54, 1.807) is 0 Å². The van der Waals surface area contributed by atoms with Crippen molar-refractivity contribution < 1.29 is 0 Å². The van der Waals surface area contributed by atoms with Crippen LogP contribution in [0.4, 0.5) is 5.82 Å². The Hall–Kier alpha value is -1.94. The van der Waals surface area contributed by atoms with Crippen LogP contribution in [0.3, 0.4) is 0 Å². The van der Waals surface area contributed by atoms with Gasteiger partial charge in [0.2, 0.25) is 0 Å². The van der Waals surface area contributed by atoms with Gasteiger partial charge in [-0.05, 0) is 30.5 Å². The lowest BCUT2D eigenvalue weighted by Crippen LogP contribution is -2.27. The number of hydrogen-bond donors (Lipinski definition) is 1. The molecule has 0 saturated heterocycles. The molecule has 0 radical (unpaired) electrons. The molecule has 4 heteroatoms. The zero-order valence-corrected chi connectivity index (χ0v) is 12.5. The number of benzene rings is 1. The molecule has 3 rings (SSSR count). The molecule has 1 aliphatic rings. The smallest absolute Gasteiger partial charge is 0.147 e. The molecule has 0 fully saturated rings. The molecule has 4 nitrogen and oxygen atoms in total. The highest BCUT2D eigenvalue weighted by Crippen LogP contribution is 2.19. The predicted octanol–water partition coefficient (Wildman–Crippen LogP) is 2.19. The second kappa shape index (κ2) is 6.68. The van der Waals surface area contributed by atoms with Crippen LogP contribution in [0.15, 0.2) is 36.7 Å². The molecular weight excluding hydrogens is 260 g/mol. The fourth-order valence-electron chi connectivity index (χ4n) is 2.78. The molecule has 2 heterocycles. The van der Waals surface area contributed by atoms with Crippen molar-refractivity contribution in [2.75, 3.05) is 24.5 Å². The molecule has 110 valence electrons. The van der Waals surface area contributed by atoms with Gasteiger partial charge in [0.1, 0.15) is 5.82 Å². The minimum atomic E-state index is 0.783. The molecule has 2 aromatic rings. The highest BCUT2D eigenvalue weighted by atomic mass is 15.2. The first kappa shape index (κ1) is 14.0. The summed E-state index contributed by atoms with van der Waals surface area (Å²) in [4.78, 5) is 11.4. The number of fused-ring (bicyclic) bond motifs is 1. The minimum Gasteiger partial charge on any atom is -0.355 e. The summed E-state index contributed by atoms with van der Waals surface area (Å²) >= 11 is 0. The molecule has 0 amide bonds. The third-order valence-corrected chi connectivity index (χ3v) is 3.97. The fourth-order valence-corrected chi connectivity index (χ4v) is 2.78. The number of nitrogens with one attached hydrogen (secondary N) is 1. The highest BCUT2D eigenvalue weighted by molar-refractivity contribution is 5.40. The minimum absolute atomic E-state index is 0.783. The van der Waals surface area contributed by atoms with Gasteiger partial charge in [0.05, 0.1) is 11.9 Å². The summed E-state index contributed by atoms with van der Waals surface area (Å²) in [6.07, 6.45) is 5.88. The van der Waals surface area contributed by atoms with Gasteiger partial charge in [-0.2, -0.15) is 0 Å². The first-order valence-electron chi connectivity index (χ1n) is 7.70. The van der Waals surface area contributed by atoms with E-state index in [0.717, 1.165) is 50.5 Å². The topological polar surface area (TPSA) is 41.1 Å². The number of hydrogen-bond acceptors (Lipinski definition) is 4. The Morgan fingerprint density at radius 2 is 1.81 bits per heavy atom. The van der Waals surface area contributed by atoms with Crippen LogP contribution < -0.4 is 10.2 Å². The molecule has 1 aromatic heterocycles. The molecular formula is C17H22N4. The maximum atomic E-state index is 4.74. The van der Waals surface area contributed by atoms with Gasteiger partial charge >= 0.3 is 0 Å². The monoisotopic (exact) mass is 282 g/mol. The molecule has 0 aliphatic carbocycles. The van der Waals surface area contributed by atoms with Gasteiger partial charge in [0.15, 0.2) is 0 Å². The Bertz CT molecular complexity index is 570. The number of rotatable bonds is 4. The van der Waals surface area contributed by atoms with Crippen LogP contribution in [0.2, 0.25) is 0 Å². The van der Waals surface area contributed by atoms with E-state index >= 15 is 0 Å². The standard InChI is InChI=1S/C17H22N4/c1-2-18-11-16-12-19-13-17(20-16)21-9-7-14-5-3-4-6-15(14)8-10-21/h3-6,12-13,18H,2,7-11H2,1H3. The summed E-state index contributed by atoms with van der Waals surface area (Å²) in [5.41, 5.74) is 3.95. The normalized spacial score (nSPS) is 14.6.